The molecule has 4 rings (SSSR count). The fourth-order valence-corrected chi connectivity index (χ4v) is 4.68. The number of hydrogen-bond donors (Lipinski definition) is 1. The summed E-state index contributed by atoms with van der Waals surface area (Å²) in [6.45, 7) is 1.78. The average molecular weight is 464 g/mol. The van der Waals surface area contributed by atoms with Gasteiger partial charge in [-0.05, 0) is 83.5 Å². The summed E-state index contributed by atoms with van der Waals surface area (Å²) in [5, 5.41) is 9.60. The first-order valence-electron chi connectivity index (χ1n) is 11.6. The van der Waals surface area contributed by atoms with Crippen LogP contribution in [-0.2, 0) is 17.6 Å². The lowest BCUT2D eigenvalue weighted by Crippen LogP contribution is -2.20. The number of aromatic nitrogens is 1. The number of ether oxygens (including phenoxy) is 2. The topological polar surface area (TPSA) is 68.7 Å². The molecule has 2 aromatic carbocycles. The summed E-state index contributed by atoms with van der Waals surface area (Å²) >= 11 is 0. The molecule has 0 aliphatic heterocycles. The summed E-state index contributed by atoms with van der Waals surface area (Å²) in [6, 6.07) is 14.8. The molecule has 1 fully saturated rings. The molecule has 178 valence electrons. The predicted octanol–water partition coefficient (Wildman–Crippen LogP) is 5.90. The van der Waals surface area contributed by atoms with E-state index in [4.69, 9.17) is 9.47 Å². The van der Waals surface area contributed by atoms with E-state index in [1.165, 1.54) is 6.07 Å². The molecule has 0 spiro atoms. The van der Waals surface area contributed by atoms with Gasteiger partial charge in [0.15, 0.2) is 0 Å². The zero-order chi connectivity index (χ0) is 24.2. The average Bonchev–Trinajstić information content (AvgIpc) is 3.68. The summed E-state index contributed by atoms with van der Waals surface area (Å²) in [6.07, 6.45) is 4.86. The van der Waals surface area contributed by atoms with E-state index >= 15 is 0 Å². The van der Waals surface area contributed by atoms with Gasteiger partial charge in [-0.3, -0.25) is 4.79 Å². The van der Waals surface area contributed by atoms with Crippen LogP contribution in [0.3, 0.4) is 0 Å². The Morgan fingerprint density at radius 1 is 1.03 bits per heavy atom. The van der Waals surface area contributed by atoms with Crippen LogP contribution in [0.5, 0.6) is 11.6 Å². The number of methoxy groups -OCH3 is 2. The first-order chi connectivity index (χ1) is 16.4. The lowest BCUT2D eigenvalue weighted by atomic mass is 9.82. The van der Waals surface area contributed by atoms with Crippen molar-refractivity contribution in [1.29, 1.82) is 0 Å². The van der Waals surface area contributed by atoms with Crippen molar-refractivity contribution >= 4 is 5.97 Å². The molecule has 34 heavy (non-hydrogen) atoms. The second-order valence-electron chi connectivity index (χ2n) is 8.95. The minimum Gasteiger partial charge on any atom is -0.496 e. The summed E-state index contributed by atoms with van der Waals surface area (Å²) in [5.74, 6) is 0.116. The molecule has 6 heteroatoms. The number of carbonyl (C=O) groups is 1. The normalized spacial score (nSPS) is 14.9. The maximum absolute atomic E-state index is 15.0. The largest absolute Gasteiger partial charge is 0.496 e. The van der Waals surface area contributed by atoms with Crippen molar-refractivity contribution in [2.45, 2.75) is 38.5 Å². The predicted molar refractivity (Wildman–Crippen MR) is 129 cm³/mol. The van der Waals surface area contributed by atoms with Crippen molar-refractivity contribution in [3.8, 4) is 22.8 Å². The number of carboxylic acid groups (broad SMARTS) is 1. The minimum absolute atomic E-state index is 0.0180. The van der Waals surface area contributed by atoms with Crippen molar-refractivity contribution in [3.05, 3.63) is 77.2 Å². The Labute approximate surface area is 199 Å². The lowest BCUT2D eigenvalue weighted by Gasteiger charge is -2.22. The van der Waals surface area contributed by atoms with Crippen LogP contribution in [0.25, 0.3) is 11.1 Å². The van der Waals surface area contributed by atoms with Gasteiger partial charge < -0.3 is 14.6 Å². The maximum atomic E-state index is 15.0. The lowest BCUT2D eigenvalue weighted by molar-refractivity contribution is -0.142. The van der Waals surface area contributed by atoms with Crippen LogP contribution in [0.4, 0.5) is 4.39 Å². The third-order valence-corrected chi connectivity index (χ3v) is 6.74. The van der Waals surface area contributed by atoms with Gasteiger partial charge in [-0.2, -0.15) is 0 Å². The van der Waals surface area contributed by atoms with E-state index in [0.29, 0.717) is 30.2 Å². The summed E-state index contributed by atoms with van der Waals surface area (Å²) in [4.78, 5) is 15.8. The van der Waals surface area contributed by atoms with E-state index in [0.717, 1.165) is 40.8 Å². The molecule has 1 N–H and O–H groups in total. The van der Waals surface area contributed by atoms with Gasteiger partial charge in [-0.1, -0.05) is 31.2 Å². The first-order valence-corrected chi connectivity index (χ1v) is 11.6. The highest BCUT2D eigenvalue weighted by Gasteiger charge is 2.38. The zero-order valence-electron chi connectivity index (χ0n) is 19.8. The SMILES string of the molecule is COc1cc(-c2ccc(CCc3cc([C@H](C4CC4)[C@H](C)C(=O)O)ccc3OC)c(F)c2)ccn1. The van der Waals surface area contributed by atoms with E-state index in [2.05, 4.69) is 11.1 Å². The monoisotopic (exact) mass is 463 g/mol. The Bertz CT molecular complexity index is 1170. The van der Waals surface area contributed by atoms with Gasteiger partial charge in [0.1, 0.15) is 11.6 Å². The van der Waals surface area contributed by atoms with Gasteiger partial charge in [0, 0.05) is 12.3 Å². The number of halogens is 1. The zero-order valence-corrected chi connectivity index (χ0v) is 19.8. The highest BCUT2D eigenvalue weighted by atomic mass is 19.1. The molecule has 1 aromatic heterocycles. The van der Waals surface area contributed by atoms with Crippen LogP contribution in [-0.4, -0.2) is 30.3 Å². The molecular formula is C28H30FNO4. The second kappa shape index (κ2) is 10.2. The van der Waals surface area contributed by atoms with Crippen molar-refractivity contribution < 1.29 is 23.8 Å². The van der Waals surface area contributed by atoms with Crippen molar-refractivity contribution in [1.82, 2.24) is 4.98 Å². The highest BCUT2D eigenvalue weighted by Crippen LogP contribution is 2.47. The van der Waals surface area contributed by atoms with E-state index in [1.807, 2.05) is 30.3 Å². The summed E-state index contributed by atoms with van der Waals surface area (Å²) in [5.41, 5.74) is 4.21. The maximum Gasteiger partial charge on any atom is 0.306 e. The van der Waals surface area contributed by atoms with Crippen LogP contribution in [0.2, 0.25) is 0 Å². The molecule has 1 aliphatic rings. The first kappa shape index (κ1) is 23.7. The Hall–Kier alpha value is -3.41. The molecule has 1 heterocycles. The summed E-state index contributed by atoms with van der Waals surface area (Å²) in [7, 11) is 3.17. The Morgan fingerprint density at radius 2 is 1.76 bits per heavy atom. The van der Waals surface area contributed by atoms with Gasteiger partial charge in [-0.15, -0.1) is 0 Å². The molecule has 0 radical (unpaired) electrons. The van der Waals surface area contributed by atoms with Crippen molar-refractivity contribution in [3.63, 3.8) is 0 Å². The molecule has 5 nitrogen and oxygen atoms in total. The van der Waals surface area contributed by atoms with Gasteiger partial charge in [0.25, 0.3) is 0 Å². The second-order valence-corrected chi connectivity index (χ2v) is 8.95. The smallest absolute Gasteiger partial charge is 0.306 e. The van der Waals surface area contributed by atoms with Crippen LogP contribution in [0, 0.1) is 17.7 Å². The third kappa shape index (κ3) is 5.22. The quantitative estimate of drug-likeness (QED) is 0.405. The van der Waals surface area contributed by atoms with Crippen molar-refractivity contribution in [2.24, 2.45) is 11.8 Å². The van der Waals surface area contributed by atoms with Crippen molar-refractivity contribution in [2.75, 3.05) is 14.2 Å². The molecule has 0 unspecified atom stereocenters. The Kier molecular flexibility index (Phi) is 7.15. The standard InChI is InChI=1S/C28H30FNO4/c1-17(28(31)32)27(19-6-7-19)23-10-11-25(33-2)22(14-23)9-5-18-4-8-20(15-24(18)29)21-12-13-30-26(16-21)34-3/h4,8,10-17,19,27H,5-7,9H2,1-3H3,(H,31,32)/t17-,27-/m0/s1. The van der Waals surface area contributed by atoms with Gasteiger partial charge in [0.05, 0.1) is 20.1 Å². The third-order valence-electron chi connectivity index (χ3n) is 6.74. The summed E-state index contributed by atoms with van der Waals surface area (Å²) < 4.78 is 25.7. The molecule has 1 aliphatic carbocycles. The van der Waals surface area contributed by atoms with E-state index in [-0.39, 0.29) is 11.7 Å². The van der Waals surface area contributed by atoms with E-state index in [1.54, 1.807) is 33.4 Å². The molecule has 0 saturated heterocycles. The molecular weight excluding hydrogens is 433 g/mol. The van der Waals surface area contributed by atoms with Crippen LogP contribution < -0.4 is 9.47 Å². The van der Waals surface area contributed by atoms with Crippen LogP contribution in [0.15, 0.2) is 54.7 Å². The fraction of sp³-hybridized carbons (Fsp3) is 0.357. The van der Waals surface area contributed by atoms with Gasteiger partial charge in [0.2, 0.25) is 5.88 Å². The number of carboxylic acids is 1. The number of pyridine rings is 1. The van der Waals surface area contributed by atoms with Crippen LogP contribution in [0.1, 0.15) is 42.4 Å². The van der Waals surface area contributed by atoms with Gasteiger partial charge in [-0.25, -0.2) is 9.37 Å². The number of aryl methyl sites for hydroxylation is 2. The fourth-order valence-electron chi connectivity index (χ4n) is 4.68. The highest BCUT2D eigenvalue weighted by molar-refractivity contribution is 5.71. The molecule has 3 aromatic rings. The Balaban J connectivity index is 1.54. The number of aliphatic carboxylic acids is 1. The number of nitrogens with zero attached hydrogens (tertiary/aromatic N) is 1. The number of benzene rings is 2. The van der Waals surface area contributed by atoms with E-state index in [9.17, 15) is 14.3 Å². The molecule has 0 amide bonds. The van der Waals surface area contributed by atoms with E-state index < -0.39 is 11.9 Å². The number of hydrogen-bond acceptors (Lipinski definition) is 4. The Morgan fingerprint density at radius 3 is 2.41 bits per heavy atom. The minimum atomic E-state index is -0.775. The molecule has 0 bridgehead atoms. The number of rotatable bonds is 10. The van der Waals surface area contributed by atoms with Crippen LogP contribution >= 0.6 is 0 Å². The molecule has 2 atom stereocenters. The van der Waals surface area contributed by atoms with Gasteiger partial charge >= 0.3 is 5.97 Å². The molecule has 1 saturated carbocycles.